The molecule has 0 aromatic heterocycles. The summed E-state index contributed by atoms with van der Waals surface area (Å²) >= 11 is 6.27. The number of halogens is 1. The molecule has 3 aromatic carbocycles. The first-order chi connectivity index (χ1) is 17.2. The summed E-state index contributed by atoms with van der Waals surface area (Å²) in [6.45, 7) is 6.07. The molecular formula is C29H35ClNO4P. The molecule has 0 unspecified atom stereocenters. The fraction of sp³-hybridized carbons (Fsp3) is 0.310. The minimum absolute atomic E-state index is 0.0916. The van der Waals surface area contributed by atoms with Crippen LogP contribution in [0.25, 0.3) is 11.6 Å². The van der Waals surface area contributed by atoms with Crippen molar-refractivity contribution in [2.45, 2.75) is 39.7 Å². The number of hydrogen-bond acceptors (Lipinski definition) is 3. The number of allylic oxidation sites excluding steroid dienone is 1. The molecule has 7 heteroatoms. The highest BCUT2D eigenvalue weighted by Crippen LogP contribution is 2.34. The molecule has 3 aromatic rings. The highest BCUT2D eigenvalue weighted by Gasteiger charge is 2.11. The zero-order chi connectivity index (χ0) is 26.0. The van der Waals surface area contributed by atoms with Crippen LogP contribution in [-0.2, 0) is 11.1 Å². The Morgan fingerprint density at radius 2 is 1.78 bits per heavy atom. The van der Waals surface area contributed by atoms with Crippen molar-refractivity contribution in [1.29, 1.82) is 0 Å². The van der Waals surface area contributed by atoms with Gasteiger partial charge in [0.2, 0.25) is 0 Å². The maximum absolute atomic E-state index is 10.9. The summed E-state index contributed by atoms with van der Waals surface area (Å²) in [5, 5.41) is 3.93. The molecule has 0 aliphatic rings. The summed E-state index contributed by atoms with van der Waals surface area (Å²) < 4.78 is 16.9. The molecule has 0 bridgehead atoms. The smallest absolute Gasteiger partial charge is 0.325 e. The van der Waals surface area contributed by atoms with Gasteiger partial charge < -0.3 is 19.8 Å². The highest BCUT2D eigenvalue weighted by molar-refractivity contribution is 7.51. The SMILES string of the molecule is Cc1ccc(/C=C(\CCCOc2ccc(CNCCCP(=O)(O)O)cc2)c2cccc(Cl)c2)cc1C. The van der Waals surface area contributed by atoms with Crippen LogP contribution in [0.5, 0.6) is 5.75 Å². The van der Waals surface area contributed by atoms with Crippen LogP contribution in [0.15, 0.2) is 66.7 Å². The van der Waals surface area contributed by atoms with Crippen LogP contribution in [-0.4, -0.2) is 29.1 Å². The maximum atomic E-state index is 10.9. The van der Waals surface area contributed by atoms with Crippen LogP contribution >= 0.6 is 19.2 Å². The van der Waals surface area contributed by atoms with Gasteiger partial charge in [-0.1, -0.05) is 60.1 Å². The molecule has 192 valence electrons. The van der Waals surface area contributed by atoms with E-state index in [0.29, 0.717) is 26.1 Å². The van der Waals surface area contributed by atoms with Gasteiger partial charge in [-0.15, -0.1) is 0 Å². The molecule has 0 saturated carbocycles. The number of benzene rings is 3. The van der Waals surface area contributed by atoms with E-state index in [1.54, 1.807) is 0 Å². The van der Waals surface area contributed by atoms with Gasteiger partial charge in [-0.05, 0) is 97.3 Å². The topological polar surface area (TPSA) is 78.8 Å². The van der Waals surface area contributed by atoms with Gasteiger partial charge >= 0.3 is 7.60 Å². The first-order valence-electron chi connectivity index (χ1n) is 12.2. The molecule has 5 nitrogen and oxygen atoms in total. The third-order valence-electron chi connectivity index (χ3n) is 5.98. The summed E-state index contributed by atoms with van der Waals surface area (Å²) in [6, 6.07) is 22.4. The zero-order valence-electron chi connectivity index (χ0n) is 20.9. The van der Waals surface area contributed by atoms with Gasteiger partial charge in [0, 0.05) is 11.6 Å². The van der Waals surface area contributed by atoms with E-state index < -0.39 is 7.60 Å². The predicted octanol–water partition coefficient (Wildman–Crippen LogP) is 7.01. The van der Waals surface area contributed by atoms with E-state index >= 15 is 0 Å². The standard InChI is InChI=1S/C29H35ClNO4P/c1-22-9-10-25(18-23(22)2)19-26(27-6-3-8-28(30)20-27)7-4-16-35-29-13-11-24(12-14-29)21-31-15-5-17-36(32,33)34/h3,6,8-14,18-20,31H,4-5,7,15-17,21H2,1-2H3,(H2,32,33,34)/b26-19+. The van der Waals surface area contributed by atoms with Crippen molar-refractivity contribution in [3.05, 3.63) is 99.6 Å². The van der Waals surface area contributed by atoms with Gasteiger partial charge in [-0.25, -0.2) is 0 Å². The summed E-state index contributed by atoms with van der Waals surface area (Å²) in [6.07, 6.45) is 4.32. The normalized spacial score (nSPS) is 12.1. The number of hydrogen-bond donors (Lipinski definition) is 3. The second-order valence-electron chi connectivity index (χ2n) is 9.04. The molecule has 0 atom stereocenters. The molecule has 0 spiro atoms. The molecule has 0 radical (unpaired) electrons. The van der Waals surface area contributed by atoms with E-state index in [9.17, 15) is 4.57 Å². The molecule has 3 N–H and O–H groups in total. The lowest BCUT2D eigenvalue weighted by Crippen LogP contribution is -2.15. The van der Waals surface area contributed by atoms with Gasteiger partial charge in [0.05, 0.1) is 12.8 Å². The molecule has 0 heterocycles. The predicted molar refractivity (Wildman–Crippen MR) is 150 cm³/mol. The van der Waals surface area contributed by atoms with Crippen molar-refractivity contribution < 1.29 is 19.1 Å². The Morgan fingerprint density at radius 1 is 1.00 bits per heavy atom. The summed E-state index contributed by atoms with van der Waals surface area (Å²) in [7, 11) is -3.91. The maximum Gasteiger partial charge on any atom is 0.325 e. The third-order valence-corrected chi connectivity index (χ3v) is 7.12. The van der Waals surface area contributed by atoms with Gasteiger partial charge in [-0.2, -0.15) is 0 Å². The van der Waals surface area contributed by atoms with Crippen molar-refractivity contribution in [2.75, 3.05) is 19.3 Å². The Balaban J connectivity index is 1.51. The lowest BCUT2D eigenvalue weighted by atomic mass is 9.97. The first kappa shape index (κ1) is 28.2. The fourth-order valence-corrected chi connectivity index (χ4v) is 4.60. The van der Waals surface area contributed by atoms with E-state index in [4.69, 9.17) is 26.1 Å². The number of aryl methyl sites for hydroxylation is 2. The minimum atomic E-state index is -3.91. The van der Waals surface area contributed by atoms with Crippen LogP contribution in [0, 0.1) is 13.8 Å². The Labute approximate surface area is 219 Å². The molecule has 0 aliphatic carbocycles. The molecule has 36 heavy (non-hydrogen) atoms. The lowest BCUT2D eigenvalue weighted by Gasteiger charge is -2.12. The van der Waals surface area contributed by atoms with Crippen LogP contribution in [0.1, 0.15) is 47.1 Å². The van der Waals surface area contributed by atoms with Crippen molar-refractivity contribution in [3.63, 3.8) is 0 Å². The van der Waals surface area contributed by atoms with Crippen molar-refractivity contribution in [1.82, 2.24) is 5.32 Å². The van der Waals surface area contributed by atoms with Crippen molar-refractivity contribution in [3.8, 4) is 5.75 Å². The second kappa shape index (κ2) is 13.8. The van der Waals surface area contributed by atoms with Gasteiger partial charge in [0.15, 0.2) is 0 Å². The Hall–Kier alpha value is -2.40. The molecule has 0 amide bonds. The van der Waals surface area contributed by atoms with Crippen LogP contribution in [0.2, 0.25) is 5.02 Å². The monoisotopic (exact) mass is 527 g/mol. The van der Waals surface area contributed by atoms with Crippen molar-refractivity contribution >= 4 is 30.8 Å². The van der Waals surface area contributed by atoms with E-state index in [0.717, 1.165) is 34.7 Å². The van der Waals surface area contributed by atoms with E-state index in [1.807, 2.05) is 42.5 Å². The third kappa shape index (κ3) is 9.93. The van der Waals surface area contributed by atoms with E-state index in [2.05, 4.69) is 49.5 Å². The molecule has 0 saturated heterocycles. The van der Waals surface area contributed by atoms with E-state index in [1.165, 1.54) is 22.3 Å². The average Bonchev–Trinajstić information content (AvgIpc) is 2.83. The van der Waals surface area contributed by atoms with Gasteiger partial charge in [-0.3, -0.25) is 4.57 Å². The van der Waals surface area contributed by atoms with E-state index in [-0.39, 0.29) is 6.16 Å². The Kier molecular flexibility index (Phi) is 10.8. The Bertz CT molecular complexity index is 1200. The largest absolute Gasteiger partial charge is 0.494 e. The lowest BCUT2D eigenvalue weighted by molar-refractivity contribution is 0.313. The number of nitrogens with one attached hydrogen (secondary N) is 1. The summed E-state index contributed by atoms with van der Waals surface area (Å²) in [4.78, 5) is 17.8. The number of rotatable bonds is 13. The number of ether oxygens (including phenoxy) is 1. The van der Waals surface area contributed by atoms with Gasteiger partial charge in [0.1, 0.15) is 5.75 Å². The Morgan fingerprint density at radius 3 is 2.47 bits per heavy atom. The molecule has 0 aliphatic heterocycles. The summed E-state index contributed by atoms with van der Waals surface area (Å²) in [5.74, 6) is 0.822. The van der Waals surface area contributed by atoms with Crippen LogP contribution in [0.4, 0.5) is 0 Å². The minimum Gasteiger partial charge on any atom is -0.494 e. The first-order valence-corrected chi connectivity index (χ1v) is 14.4. The van der Waals surface area contributed by atoms with Crippen LogP contribution < -0.4 is 10.1 Å². The average molecular weight is 528 g/mol. The molecule has 3 rings (SSSR count). The quantitative estimate of drug-likeness (QED) is 0.126. The molecular weight excluding hydrogens is 493 g/mol. The highest BCUT2D eigenvalue weighted by atomic mass is 35.5. The fourth-order valence-electron chi connectivity index (χ4n) is 3.84. The summed E-state index contributed by atoms with van der Waals surface area (Å²) in [5.41, 5.74) is 7.18. The zero-order valence-corrected chi connectivity index (χ0v) is 22.6. The van der Waals surface area contributed by atoms with Crippen molar-refractivity contribution in [2.24, 2.45) is 0 Å². The van der Waals surface area contributed by atoms with Crippen LogP contribution in [0.3, 0.4) is 0 Å². The second-order valence-corrected chi connectivity index (χ2v) is 11.3. The van der Waals surface area contributed by atoms with Gasteiger partial charge in [0.25, 0.3) is 0 Å². The molecule has 0 fully saturated rings.